The Bertz CT molecular complexity index is 930. The van der Waals surface area contributed by atoms with Gasteiger partial charge < -0.3 is 10.0 Å². The van der Waals surface area contributed by atoms with Crippen molar-refractivity contribution in [3.05, 3.63) is 29.8 Å². The molecule has 3 aliphatic rings. The van der Waals surface area contributed by atoms with Crippen molar-refractivity contribution in [2.45, 2.75) is 61.5 Å². The van der Waals surface area contributed by atoms with Crippen LogP contribution in [0.5, 0.6) is 0 Å². The molecule has 1 spiro atoms. The van der Waals surface area contributed by atoms with Gasteiger partial charge in [0.05, 0.1) is 5.41 Å². The molecule has 0 bridgehead atoms. The first-order chi connectivity index (χ1) is 13.3. The molecule has 29 heavy (non-hydrogen) atoms. The Morgan fingerprint density at radius 2 is 1.48 bits per heavy atom. The smallest absolute Gasteiger partial charge is 0.380 e. The van der Waals surface area contributed by atoms with E-state index in [0.717, 1.165) is 0 Å². The van der Waals surface area contributed by atoms with Gasteiger partial charge in [-0.05, 0) is 62.6 Å². The molecule has 3 fully saturated rings. The van der Waals surface area contributed by atoms with Gasteiger partial charge in [0.15, 0.2) is 5.60 Å². The molecule has 10 heteroatoms. The van der Waals surface area contributed by atoms with Gasteiger partial charge in [0.2, 0.25) is 5.91 Å². The van der Waals surface area contributed by atoms with Crippen molar-refractivity contribution in [2.75, 3.05) is 11.4 Å². The number of benzene rings is 1. The minimum absolute atomic E-state index is 0.0255. The number of alkyl halides is 3. The van der Waals surface area contributed by atoms with E-state index in [2.05, 4.69) is 0 Å². The molecule has 1 heterocycles. The van der Waals surface area contributed by atoms with E-state index in [0.29, 0.717) is 37.1 Å². The Hall–Kier alpha value is -1.65. The monoisotopic (exact) mass is 433 g/mol. The van der Waals surface area contributed by atoms with Gasteiger partial charge in [-0.2, -0.15) is 21.6 Å². The van der Waals surface area contributed by atoms with Gasteiger partial charge in [-0.1, -0.05) is 12.1 Å². The number of carbonyl (C=O) groups is 1. The lowest BCUT2D eigenvalue weighted by Crippen LogP contribution is -2.51. The third-order valence-electron chi connectivity index (χ3n) is 6.98. The quantitative estimate of drug-likeness (QED) is 0.714. The number of hydrogen-bond donors (Lipinski definition) is 2. The summed E-state index contributed by atoms with van der Waals surface area (Å²) in [6, 6.07) is 6.34. The first kappa shape index (κ1) is 20.6. The van der Waals surface area contributed by atoms with E-state index in [1.165, 1.54) is 4.90 Å². The highest BCUT2D eigenvalue weighted by atomic mass is 32.2. The molecule has 4 rings (SSSR count). The number of rotatable bonds is 3. The Labute approximate surface area is 166 Å². The molecular weight excluding hydrogens is 411 g/mol. The first-order valence-corrected chi connectivity index (χ1v) is 11.0. The zero-order valence-corrected chi connectivity index (χ0v) is 16.4. The predicted octanol–water partition coefficient (Wildman–Crippen LogP) is 3.15. The van der Waals surface area contributed by atoms with Crippen LogP contribution < -0.4 is 4.90 Å². The molecule has 2 aliphatic carbocycles. The van der Waals surface area contributed by atoms with Crippen LogP contribution in [0, 0.1) is 5.41 Å². The van der Waals surface area contributed by atoms with Gasteiger partial charge in [-0.25, -0.2) is 0 Å². The molecule has 0 atom stereocenters. The SMILES string of the molecule is O=C1N(c2ccc(C3(S(=O)(=O)O)CC3)cc2)CCC12CCC(O)(C(F)(F)F)CC2. The molecule has 2 N–H and O–H groups in total. The number of halogens is 3. The average Bonchev–Trinajstić information content (AvgIpc) is 3.40. The third-order valence-corrected chi connectivity index (χ3v) is 8.61. The van der Waals surface area contributed by atoms with Crippen LogP contribution in [0.1, 0.15) is 50.5 Å². The minimum Gasteiger partial charge on any atom is -0.380 e. The van der Waals surface area contributed by atoms with Gasteiger partial charge in [-0.15, -0.1) is 0 Å². The van der Waals surface area contributed by atoms with Gasteiger partial charge in [0.1, 0.15) is 4.75 Å². The number of amides is 1. The Morgan fingerprint density at radius 1 is 0.931 bits per heavy atom. The fourth-order valence-electron chi connectivity index (χ4n) is 4.71. The van der Waals surface area contributed by atoms with Crippen LogP contribution in [0.3, 0.4) is 0 Å². The largest absolute Gasteiger partial charge is 0.417 e. The standard InChI is InChI=1S/C19H22F3NO5S/c20-19(21,22)18(25)9-5-16(6-10-18)11-12-23(15(16)24)14-3-1-13(2-4-14)17(7-8-17)29(26,27)28/h1-4,25H,5-12H2,(H,26,27,28). The van der Waals surface area contributed by atoms with Crippen molar-refractivity contribution in [3.63, 3.8) is 0 Å². The molecule has 1 aromatic rings. The first-order valence-electron chi connectivity index (χ1n) is 9.52. The lowest BCUT2D eigenvalue weighted by molar-refractivity contribution is -0.274. The maximum absolute atomic E-state index is 13.1. The van der Waals surface area contributed by atoms with Crippen LogP contribution in [0.15, 0.2) is 24.3 Å². The molecule has 1 amide bonds. The second-order valence-corrected chi connectivity index (χ2v) is 10.3. The highest BCUT2D eigenvalue weighted by Crippen LogP contribution is 2.54. The molecule has 2 saturated carbocycles. The fraction of sp³-hybridized carbons (Fsp3) is 0.632. The van der Waals surface area contributed by atoms with Gasteiger partial charge in [-0.3, -0.25) is 9.35 Å². The number of hydrogen-bond acceptors (Lipinski definition) is 4. The van der Waals surface area contributed by atoms with Crippen molar-refractivity contribution in [1.29, 1.82) is 0 Å². The third kappa shape index (κ3) is 3.07. The van der Waals surface area contributed by atoms with Crippen LogP contribution in [0.4, 0.5) is 18.9 Å². The van der Waals surface area contributed by atoms with Crippen LogP contribution in [0.2, 0.25) is 0 Å². The van der Waals surface area contributed by atoms with Crippen LogP contribution >= 0.6 is 0 Å². The topological polar surface area (TPSA) is 94.9 Å². The Morgan fingerprint density at radius 3 is 1.93 bits per heavy atom. The van der Waals surface area contributed by atoms with Crippen LogP contribution in [-0.4, -0.2) is 42.3 Å². The van der Waals surface area contributed by atoms with E-state index in [9.17, 15) is 36.0 Å². The van der Waals surface area contributed by atoms with Crippen molar-refractivity contribution in [2.24, 2.45) is 5.41 Å². The lowest BCUT2D eigenvalue weighted by Gasteiger charge is -2.41. The summed E-state index contributed by atoms with van der Waals surface area (Å²) in [5.41, 5.74) is -2.64. The van der Waals surface area contributed by atoms with Crippen LogP contribution in [0.25, 0.3) is 0 Å². The number of carbonyl (C=O) groups excluding carboxylic acids is 1. The minimum atomic E-state index is -4.71. The highest BCUT2D eigenvalue weighted by molar-refractivity contribution is 7.87. The zero-order chi connectivity index (χ0) is 21.3. The summed E-state index contributed by atoms with van der Waals surface area (Å²) < 4.78 is 70.6. The van der Waals surface area contributed by atoms with E-state index in [4.69, 9.17) is 0 Å². The fourth-order valence-corrected chi connectivity index (χ4v) is 5.76. The number of nitrogens with zero attached hydrogens (tertiary/aromatic N) is 1. The molecule has 1 saturated heterocycles. The summed E-state index contributed by atoms with van der Waals surface area (Å²) in [6.07, 6.45) is -4.67. The summed E-state index contributed by atoms with van der Waals surface area (Å²) in [4.78, 5) is 14.5. The second kappa shape index (κ2) is 6.18. The zero-order valence-electron chi connectivity index (χ0n) is 15.6. The van der Waals surface area contributed by atoms with Crippen molar-refractivity contribution in [3.8, 4) is 0 Å². The van der Waals surface area contributed by atoms with E-state index in [1.807, 2.05) is 0 Å². The summed E-state index contributed by atoms with van der Waals surface area (Å²) >= 11 is 0. The highest BCUT2D eigenvalue weighted by Gasteiger charge is 2.60. The molecule has 1 aliphatic heterocycles. The van der Waals surface area contributed by atoms with Crippen molar-refractivity contribution < 1.29 is 36.0 Å². The Kier molecular flexibility index (Phi) is 4.39. The predicted molar refractivity (Wildman–Crippen MR) is 97.8 cm³/mol. The molecule has 1 aromatic carbocycles. The Balaban J connectivity index is 1.51. The lowest BCUT2D eigenvalue weighted by atomic mass is 9.67. The second-order valence-electron chi connectivity index (χ2n) is 8.53. The molecular formula is C19H22F3NO5S. The van der Waals surface area contributed by atoms with Crippen molar-refractivity contribution in [1.82, 2.24) is 0 Å². The molecule has 160 valence electrons. The van der Waals surface area contributed by atoms with E-state index < -0.39 is 44.9 Å². The van der Waals surface area contributed by atoms with Crippen molar-refractivity contribution >= 4 is 21.7 Å². The number of anilines is 1. The van der Waals surface area contributed by atoms with E-state index in [1.54, 1.807) is 24.3 Å². The molecule has 0 unspecified atom stereocenters. The molecule has 0 aromatic heterocycles. The van der Waals surface area contributed by atoms with Gasteiger partial charge >= 0.3 is 6.18 Å². The summed E-state index contributed by atoms with van der Waals surface area (Å²) in [5, 5.41) is 9.88. The molecule has 0 radical (unpaired) electrons. The maximum atomic E-state index is 13.1. The average molecular weight is 433 g/mol. The molecule has 6 nitrogen and oxygen atoms in total. The van der Waals surface area contributed by atoms with Gasteiger partial charge in [0, 0.05) is 12.2 Å². The number of aliphatic hydroxyl groups is 1. The van der Waals surface area contributed by atoms with E-state index >= 15 is 0 Å². The summed E-state index contributed by atoms with van der Waals surface area (Å²) in [6.45, 7) is 0.353. The summed E-state index contributed by atoms with van der Waals surface area (Å²) in [5.74, 6) is -0.259. The van der Waals surface area contributed by atoms with Gasteiger partial charge in [0.25, 0.3) is 10.1 Å². The van der Waals surface area contributed by atoms with E-state index in [-0.39, 0.29) is 18.7 Å². The normalized spacial score (nSPS) is 32.0. The maximum Gasteiger partial charge on any atom is 0.417 e. The summed E-state index contributed by atoms with van der Waals surface area (Å²) in [7, 11) is -4.23. The van der Waals surface area contributed by atoms with Crippen LogP contribution in [-0.2, 0) is 19.7 Å².